The van der Waals surface area contributed by atoms with Crippen LogP contribution in [0.1, 0.15) is 18.9 Å². The first-order valence-electron chi connectivity index (χ1n) is 4.74. The number of hydrogen-bond donors (Lipinski definition) is 2. The summed E-state index contributed by atoms with van der Waals surface area (Å²) >= 11 is 0. The molecule has 2 N–H and O–H groups in total. The average Bonchev–Trinajstić information content (AvgIpc) is 2.18. The quantitative estimate of drug-likeness (QED) is 0.794. The van der Waals surface area contributed by atoms with Crippen LogP contribution in [0, 0.1) is 17.1 Å². The maximum atomic E-state index is 13.2. The van der Waals surface area contributed by atoms with Crippen LogP contribution in [0.5, 0.6) is 0 Å². The van der Waals surface area contributed by atoms with E-state index in [1.54, 1.807) is 12.1 Å². The molecule has 4 heteroatoms. The van der Waals surface area contributed by atoms with Crippen molar-refractivity contribution in [2.75, 3.05) is 11.9 Å². The lowest BCUT2D eigenvalue weighted by atomic mass is 10.2. The predicted molar refractivity (Wildman–Crippen MR) is 55.9 cm³/mol. The number of nitrogens with zero attached hydrogens (tertiary/aromatic N) is 1. The standard InChI is InChI=1S/C11H13FN2O/c1-8(4-5-15)14-10-3-2-9(7-13)11(12)6-10/h2-3,6,8,14-15H,4-5H2,1H3. The molecule has 1 aromatic rings. The first kappa shape index (κ1) is 11.5. The van der Waals surface area contributed by atoms with Gasteiger partial charge in [-0.05, 0) is 31.5 Å². The molecule has 1 unspecified atom stereocenters. The van der Waals surface area contributed by atoms with Gasteiger partial charge in [0.15, 0.2) is 0 Å². The Kier molecular flexibility index (Phi) is 4.07. The zero-order chi connectivity index (χ0) is 11.3. The van der Waals surface area contributed by atoms with Gasteiger partial charge >= 0.3 is 0 Å². The van der Waals surface area contributed by atoms with Gasteiger partial charge in [-0.2, -0.15) is 5.26 Å². The molecule has 0 saturated carbocycles. The van der Waals surface area contributed by atoms with Crippen LogP contribution >= 0.6 is 0 Å². The van der Waals surface area contributed by atoms with Gasteiger partial charge in [-0.15, -0.1) is 0 Å². The summed E-state index contributed by atoms with van der Waals surface area (Å²) in [5, 5.41) is 20.3. The SMILES string of the molecule is CC(CCO)Nc1ccc(C#N)c(F)c1. The van der Waals surface area contributed by atoms with E-state index >= 15 is 0 Å². The van der Waals surface area contributed by atoms with Crippen LogP contribution in [-0.4, -0.2) is 17.8 Å². The molecule has 0 aliphatic carbocycles. The molecule has 15 heavy (non-hydrogen) atoms. The Morgan fingerprint density at radius 3 is 2.87 bits per heavy atom. The molecule has 80 valence electrons. The summed E-state index contributed by atoms with van der Waals surface area (Å²) in [6, 6.07) is 6.20. The summed E-state index contributed by atoms with van der Waals surface area (Å²) in [5.41, 5.74) is 0.655. The molecule has 0 radical (unpaired) electrons. The molecule has 0 amide bonds. The van der Waals surface area contributed by atoms with Gasteiger partial charge in [-0.1, -0.05) is 0 Å². The van der Waals surface area contributed by atoms with Crippen LogP contribution in [0.2, 0.25) is 0 Å². The Bertz CT molecular complexity index is 373. The van der Waals surface area contributed by atoms with E-state index in [0.29, 0.717) is 12.1 Å². The van der Waals surface area contributed by atoms with Crippen molar-refractivity contribution in [3.05, 3.63) is 29.6 Å². The molecular weight excluding hydrogens is 195 g/mol. The van der Waals surface area contributed by atoms with Crippen LogP contribution in [0.15, 0.2) is 18.2 Å². The third-order valence-corrected chi connectivity index (χ3v) is 2.06. The zero-order valence-corrected chi connectivity index (χ0v) is 8.50. The Balaban J connectivity index is 2.72. The molecule has 0 aromatic heterocycles. The lowest BCUT2D eigenvalue weighted by Crippen LogP contribution is -2.16. The number of hydrogen-bond acceptors (Lipinski definition) is 3. The predicted octanol–water partition coefficient (Wildman–Crippen LogP) is 1.88. The largest absolute Gasteiger partial charge is 0.396 e. The second-order valence-corrected chi connectivity index (χ2v) is 3.36. The maximum absolute atomic E-state index is 13.2. The van der Waals surface area contributed by atoms with Gasteiger partial charge in [0.05, 0.1) is 5.56 Å². The summed E-state index contributed by atoms with van der Waals surface area (Å²) < 4.78 is 13.2. The number of nitriles is 1. The van der Waals surface area contributed by atoms with Crippen molar-refractivity contribution in [3.8, 4) is 6.07 Å². The van der Waals surface area contributed by atoms with E-state index in [0.717, 1.165) is 0 Å². The molecule has 0 bridgehead atoms. The summed E-state index contributed by atoms with van der Waals surface area (Å²) in [7, 11) is 0. The Morgan fingerprint density at radius 2 is 2.33 bits per heavy atom. The minimum atomic E-state index is -0.529. The van der Waals surface area contributed by atoms with Crippen molar-refractivity contribution in [2.24, 2.45) is 0 Å². The normalized spacial score (nSPS) is 11.9. The van der Waals surface area contributed by atoms with E-state index in [-0.39, 0.29) is 18.2 Å². The van der Waals surface area contributed by atoms with Gasteiger partial charge in [0.2, 0.25) is 0 Å². The lowest BCUT2D eigenvalue weighted by Gasteiger charge is -2.13. The highest BCUT2D eigenvalue weighted by Crippen LogP contribution is 2.15. The Morgan fingerprint density at radius 1 is 1.60 bits per heavy atom. The topological polar surface area (TPSA) is 56.0 Å². The van der Waals surface area contributed by atoms with Crippen molar-refractivity contribution in [3.63, 3.8) is 0 Å². The molecule has 1 rings (SSSR count). The van der Waals surface area contributed by atoms with Gasteiger partial charge in [0.25, 0.3) is 0 Å². The minimum absolute atomic E-state index is 0.0374. The number of halogens is 1. The summed E-state index contributed by atoms with van der Waals surface area (Å²) in [6.45, 7) is 1.99. The van der Waals surface area contributed by atoms with Crippen LogP contribution in [0.4, 0.5) is 10.1 Å². The molecule has 1 aromatic carbocycles. The molecule has 0 aliphatic rings. The highest BCUT2D eigenvalue weighted by molar-refractivity contribution is 5.48. The molecule has 0 spiro atoms. The van der Waals surface area contributed by atoms with Crippen LogP contribution in [0.25, 0.3) is 0 Å². The summed E-state index contributed by atoms with van der Waals surface area (Å²) in [4.78, 5) is 0. The number of benzene rings is 1. The fourth-order valence-corrected chi connectivity index (χ4v) is 1.25. The van der Waals surface area contributed by atoms with Gasteiger partial charge in [-0.3, -0.25) is 0 Å². The smallest absolute Gasteiger partial charge is 0.143 e. The van der Waals surface area contributed by atoms with Gasteiger partial charge in [-0.25, -0.2) is 4.39 Å². The van der Waals surface area contributed by atoms with Crippen molar-refractivity contribution in [2.45, 2.75) is 19.4 Å². The summed E-state index contributed by atoms with van der Waals surface area (Å²) in [5.74, 6) is -0.529. The van der Waals surface area contributed by atoms with Crippen LogP contribution in [0.3, 0.4) is 0 Å². The monoisotopic (exact) mass is 208 g/mol. The number of nitrogens with one attached hydrogen (secondary N) is 1. The van der Waals surface area contributed by atoms with Crippen molar-refractivity contribution >= 4 is 5.69 Å². The van der Waals surface area contributed by atoms with Gasteiger partial charge < -0.3 is 10.4 Å². The minimum Gasteiger partial charge on any atom is -0.396 e. The molecule has 0 heterocycles. The third-order valence-electron chi connectivity index (χ3n) is 2.06. The van der Waals surface area contributed by atoms with Crippen LogP contribution in [-0.2, 0) is 0 Å². The zero-order valence-electron chi connectivity index (χ0n) is 8.50. The molecule has 1 atom stereocenters. The number of aliphatic hydroxyl groups excluding tert-OH is 1. The molecule has 0 fully saturated rings. The van der Waals surface area contributed by atoms with E-state index in [1.165, 1.54) is 12.1 Å². The van der Waals surface area contributed by atoms with E-state index in [9.17, 15) is 4.39 Å². The highest BCUT2D eigenvalue weighted by atomic mass is 19.1. The van der Waals surface area contributed by atoms with Gasteiger partial charge in [0, 0.05) is 18.3 Å². The lowest BCUT2D eigenvalue weighted by molar-refractivity contribution is 0.282. The van der Waals surface area contributed by atoms with E-state index in [2.05, 4.69) is 5.32 Å². The van der Waals surface area contributed by atoms with Gasteiger partial charge in [0.1, 0.15) is 11.9 Å². The molecule has 0 aliphatic heterocycles. The fraction of sp³-hybridized carbons (Fsp3) is 0.364. The average molecular weight is 208 g/mol. The first-order valence-corrected chi connectivity index (χ1v) is 4.74. The van der Waals surface area contributed by atoms with Crippen molar-refractivity contribution in [1.29, 1.82) is 5.26 Å². The van der Waals surface area contributed by atoms with E-state index in [1.807, 2.05) is 6.92 Å². The van der Waals surface area contributed by atoms with Crippen LogP contribution < -0.4 is 5.32 Å². The second kappa shape index (κ2) is 5.32. The number of rotatable bonds is 4. The van der Waals surface area contributed by atoms with Crippen molar-refractivity contribution < 1.29 is 9.50 Å². The van der Waals surface area contributed by atoms with E-state index in [4.69, 9.17) is 10.4 Å². The summed E-state index contributed by atoms with van der Waals surface area (Å²) in [6.07, 6.45) is 0.599. The second-order valence-electron chi connectivity index (χ2n) is 3.36. The highest BCUT2D eigenvalue weighted by Gasteiger charge is 2.05. The maximum Gasteiger partial charge on any atom is 0.143 e. The van der Waals surface area contributed by atoms with Crippen molar-refractivity contribution in [1.82, 2.24) is 0 Å². The van der Waals surface area contributed by atoms with E-state index < -0.39 is 5.82 Å². The molecule has 3 nitrogen and oxygen atoms in total. The Hall–Kier alpha value is -1.60. The molecular formula is C11H13FN2O. The fourth-order valence-electron chi connectivity index (χ4n) is 1.25. The Labute approximate surface area is 88.2 Å². The third kappa shape index (κ3) is 3.22. The molecule has 0 saturated heterocycles. The number of anilines is 1. The number of aliphatic hydroxyl groups is 1. The first-order chi connectivity index (χ1) is 7.17.